The van der Waals surface area contributed by atoms with Crippen LogP contribution >= 0.6 is 9.24 Å². The summed E-state index contributed by atoms with van der Waals surface area (Å²) >= 11 is 0. The summed E-state index contributed by atoms with van der Waals surface area (Å²) in [5.41, 5.74) is 3.21. The average molecular weight is 306 g/mol. The van der Waals surface area contributed by atoms with Crippen molar-refractivity contribution in [3.05, 3.63) is 29.3 Å². The minimum Gasteiger partial charge on any atom is -0.105 e. The van der Waals surface area contributed by atoms with Crippen LogP contribution in [0.1, 0.15) is 102 Å². The predicted molar refractivity (Wildman–Crippen MR) is 101 cm³/mol. The fourth-order valence-electron chi connectivity index (χ4n) is 3.30. The predicted octanol–water partition coefficient (Wildman–Crippen LogP) is 6.55. The van der Waals surface area contributed by atoms with Crippen LogP contribution in [-0.4, -0.2) is 0 Å². The van der Waals surface area contributed by atoms with Crippen LogP contribution in [0, 0.1) is 0 Å². The van der Waals surface area contributed by atoms with Gasteiger partial charge in [0.25, 0.3) is 0 Å². The molecule has 0 heterocycles. The first kappa shape index (κ1) is 18.7. The zero-order valence-electron chi connectivity index (χ0n) is 14.6. The second kappa shape index (κ2) is 10.4. The highest BCUT2D eigenvalue weighted by molar-refractivity contribution is 7.27. The first-order chi connectivity index (χ1) is 10.1. The van der Waals surface area contributed by atoms with E-state index in [-0.39, 0.29) is 0 Å². The van der Waals surface area contributed by atoms with Gasteiger partial charge in [-0.2, -0.15) is 0 Å². The van der Waals surface area contributed by atoms with Gasteiger partial charge in [0.15, 0.2) is 0 Å². The van der Waals surface area contributed by atoms with E-state index >= 15 is 0 Å². The monoisotopic (exact) mass is 306 g/mol. The minimum absolute atomic E-state index is 0.689. The Hall–Kier alpha value is -0.350. The van der Waals surface area contributed by atoms with Gasteiger partial charge in [-0.1, -0.05) is 84.4 Å². The molecule has 0 aliphatic rings. The first-order valence-corrected chi connectivity index (χ1v) is 9.57. The average Bonchev–Trinajstić information content (AvgIpc) is 2.47. The van der Waals surface area contributed by atoms with Crippen molar-refractivity contribution in [2.75, 3.05) is 0 Å². The Morgan fingerprint density at radius 2 is 1.43 bits per heavy atom. The number of unbranched alkanes of at least 4 members (excludes halogenated alkanes) is 4. The summed E-state index contributed by atoms with van der Waals surface area (Å²) < 4.78 is 0. The van der Waals surface area contributed by atoms with E-state index < -0.39 is 0 Å². The third-order valence-corrected chi connectivity index (χ3v) is 5.18. The van der Waals surface area contributed by atoms with Gasteiger partial charge in [-0.25, -0.2) is 0 Å². The van der Waals surface area contributed by atoms with Gasteiger partial charge in [-0.15, -0.1) is 9.24 Å². The summed E-state index contributed by atoms with van der Waals surface area (Å²) in [5.74, 6) is 1.38. The van der Waals surface area contributed by atoms with E-state index in [1.54, 1.807) is 11.1 Å². The quantitative estimate of drug-likeness (QED) is 0.339. The molecule has 0 fully saturated rings. The smallest absolute Gasteiger partial charge is 0.0181 e. The molecule has 0 N–H and O–H groups in total. The Kier molecular flexibility index (Phi) is 9.25. The number of rotatable bonds is 10. The van der Waals surface area contributed by atoms with Gasteiger partial charge in [0.2, 0.25) is 0 Å². The molecular weight excluding hydrogens is 271 g/mol. The molecule has 0 aliphatic carbocycles. The fraction of sp³-hybridized carbons (Fsp3) is 0.700. The van der Waals surface area contributed by atoms with Crippen LogP contribution in [-0.2, 0) is 0 Å². The molecule has 0 spiro atoms. The maximum atomic E-state index is 2.97. The van der Waals surface area contributed by atoms with Crippen LogP contribution in [0.3, 0.4) is 0 Å². The minimum atomic E-state index is 0.689. The molecule has 21 heavy (non-hydrogen) atoms. The molecule has 0 amide bonds. The Morgan fingerprint density at radius 1 is 0.857 bits per heavy atom. The molecule has 3 atom stereocenters. The van der Waals surface area contributed by atoms with Crippen LogP contribution in [0.4, 0.5) is 0 Å². The van der Waals surface area contributed by atoms with E-state index in [0.29, 0.717) is 11.8 Å². The molecule has 3 unspecified atom stereocenters. The molecular formula is C20H35P. The standard InChI is InChI=1S/C20H35P/c1-5-7-9-12-16(3)18-14-11-15-19(21)20(18)17(4)13-10-8-6-2/h11,14-17H,5-10,12-13,21H2,1-4H3. The lowest BCUT2D eigenvalue weighted by Crippen LogP contribution is -2.12. The van der Waals surface area contributed by atoms with Gasteiger partial charge in [0.1, 0.15) is 0 Å². The summed E-state index contributed by atoms with van der Waals surface area (Å²) in [6, 6.07) is 6.87. The summed E-state index contributed by atoms with van der Waals surface area (Å²) in [6.07, 6.45) is 10.7. The van der Waals surface area contributed by atoms with Crippen molar-refractivity contribution in [1.82, 2.24) is 0 Å². The van der Waals surface area contributed by atoms with Gasteiger partial charge in [0, 0.05) is 0 Å². The largest absolute Gasteiger partial charge is 0.105 e. The first-order valence-electron chi connectivity index (χ1n) is 9.00. The Labute approximate surface area is 135 Å². The Morgan fingerprint density at radius 3 is 2.00 bits per heavy atom. The molecule has 120 valence electrons. The van der Waals surface area contributed by atoms with Crippen LogP contribution in [0.2, 0.25) is 0 Å². The lowest BCUT2D eigenvalue weighted by atomic mass is 9.84. The molecule has 1 heteroatoms. The van der Waals surface area contributed by atoms with E-state index in [9.17, 15) is 0 Å². The molecule has 1 aromatic carbocycles. The van der Waals surface area contributed by atoms with E-state index in [0.717, 1.165) is 0 Å². The molecule has 0 aromatic heterocycles. The van der Waals surface area contributed by atoms with Crippen molar-refractivity contribution in [2.45, 2.75) is 90.9 Å². The zero-order chi connectivity index (χ0) is 15.7. The number of benzene rings is 1. The van der Waals surface area contributed by atoms with Crippen molar-refractivity contribution in [2.24, 2.45) is 0 Å². The van der Waals surface area contributed by atoms with Crippen molar-refractivity contribution in [3.63, 3.8) is 0 Å². The SMILES string of the molecule is CCCCCC(C)c1cccc(P)c1C(C)CCCCC. The van der Waals surface area contributed by atoms with E-state index in [4.69, 9.17) is 0 Å². The molecule has 0 aliphatic heterocycles. The van der Waals surface area contributed by atoms with E-state index in [1.807, 2.05) is 0 Å². The Bertz CT molecular complexity index is 397. The molecule has 0 saturated carbocycles. The highest BCUT2D eigenvalue weighted by Crippen LogP contribution is 2.32. The van der Waals surface area contributed by atoms with Crippen LogP contribution in [0.25, 0.3) is 0 Å². The van der Waals surface area contributed by atoms with Crippen LogP contribution in [0.15, 0.2) is 18.2 Å². The Balaban J connectivity index is 2.81. The fourth-order valence-corrected chi connectivity index (χ4v) is 3.86. The van der Waals surface area contributed by atoms with Gasteiger partial charge in [0.05, 0.1) is 0 Å². The van der Waals surface area contributed by atoms with Crippen LogP contribution < -0.4 is 5.30 Å². The highest BCUT2D eigenvalue weighted by atomic mass is 31.0. The number of hydrogen-bond acceptors (Lipinski definition) is 0. The maximum absolute atomic E-state index is 2.97. The van der Waals surface area contributed by atoms with Crippen LogP contribution in [0.5, 0.6) is 0 Å². The third kappa shape index (κ3) is 6.11. The summed E-state index contributed by atoms with van der Waals surface area (Å²) in [7, 11) is 2.97. The molecule has 0 bridgehead atoms. The normalized spacial score (nSPS) is 14.1. The molecule has 0 radical (unpaired) electrons. The van der Waals surface area contributed by atoms with Crippen molar-refractivity contribution in [1.29, 1.82) is 0 Å². The summed E-state index contributed by atoms with van der Waals surface area (Å²) in [5, 5.41) is 1.42. The second-order valence-corrected chi connectivity index (χ2v) is 7.27. The third-order valence-electron chi connectivity index (χ3n) is 4.68. The highest BCUT2D eigenvalue weighted by Gasteiger charge is 2.17. The molecule has 0 saturated heterocycles. The second-order valence-electron chi connectivity index (χ2n) is 6.64. The summed E-state index contributed by atoms with van der Waals surface area (Å²) in [6.45, 7) is 9.41. The van der Waals surface area contributed by atoms with Crippen molar-refractivity contribution >= 4 is 14.5 Å². The van der Waals surface area contributed by atoms with Gasteiger partial charge in [-0.05, 0) is 41.1 Å². The van der Waals surface area contributed by atoms with E-state index in [1.165, 1.54) is 56.7 Å². The summed E-state index contributed by atoms with van der Waals surface area (Å²) in [4.78, 5) is 0. The molecule has 1 rings (SSSR count). The topological polar surface area (TPSA) is 0 Å². The lowest BCUT2D eigenvalue weighted by Gasteiger charge is -2.23. The van der Waals surface area contributed by atoms with Gasteiger partial charge >= 0.3 is 0 Å². The van der Waals surface area contributed by atoms with E-state index in [2.05, 4.69) is 55.1 Å². The zero-order valence-corrected chi connectivity index (χ0v) is 15.8. The lowest BCUT2D eigenvalue weighted by molar-refractivity contribution is 0.571. The maximum Gasteiger partial charge on any atom is -0.0181 e. The molecule has 0 nitrogen and oxygen atoms in total. The molecule has 1 aromatic rings. The number of hydrogen-bond donors (Lipinski definition) is 0. The van der Waals surface area contributed by atoms with Crippen molar-refractivity contribution < 1.29 is 0 Å². The van der Waals surface area contributed by atoms with Gasteiger partial charge < -0.3 is 0 Å². The van der Waals surface area contributed by atoms with Gasteiger partial charge in [-0.3, -0.25) is 0 Å². The van der Waals surface area contributed by atoms with Crippen molar-refractivity contribution in [3.8, 4) is 0 Å².